The molecule has 1 aliphatic heterocycles. The van der Waals surface area contributed by atoms with E-state index in [1.807, 2.05) is 12.5 Å². The molecule has 0 saturated carbocycles. The highest BCUT2D eigenvalue weighted by atomic mass is 15.2. The Hall–Kier alpha value is -0.870. The molecule has 0 spiro atoms. The van der Waals surface area contributed by atoms with Crippen LogP contribution in [0.2, 0.25) is 0 Å². The van der Waals surface area contributed by atoms with E-state index in [-0.39, 0.29) is 0 Å². The van der Waals surface area contributed by atoms with Crippen LogP contribution in [-0.2, 0) is 6.54 Å². The average molecular weight is 222 g/mol. The van der Waals surface area contributed by atoms with Gasteiger partial charge in [-0.15, -0.1) is 0 Å². The molecule has 0 aromatic carbocycles. The molecule has 1 aromatic rings. The third kappa shape index (κ3) is 2.62. The van der Waals surface area contributed by atoms with E-state index in [1.165, 1.54) is 18.7 Å². The summed E-state index contributed by atoms with van der Waals surface area (Å²) in [5.41, 5.74) is 1.28. The second kappa shape index (κ2) is 4.97. The molecule has 1 fully saturated rings. The Labute approximate surface area is 97.7 Å². The molecule has 2 rings (SSSR count). The molecule has 1 N–H and O–H groups in total. The molecule has 1 atom stereocenters. The van der Waals surface area contributed by atoms with E-state index < -0.39 is 0 Å². The first-order valence-electron chi connectivity index (χ1n) is 6.09. The quantitative estimate of drug-likeness (QED) is 0.832. The molecule has 4 heteroatoms. The molecule has 1 aliphatic rings. The van der Waals surface area contributed by atoms with Gasteiger partial charge in [-0.05, 0) is 33.9 Å². The second-order valence-corrected chi connectivity index (χ2v) is 5.01. The zero-order valence-corrected chi connectivity index (χ0v) is 10.5. The normalized spacial score (nSPS) is 22.1. The number of aromatic nitrogens is 2. The molecule has 16 heavy (non-hydrogen) atoms. The van der Waals surface area contributed by atoms with Gasteiger partial charge in [0.15, 0.2) is 0 Å². The molecule has 90 valence electrons. The number of hydrogen-bond acceptors (Lipinski definition) is 3. The SMILES string of the molecule is CC(C)n1cncc1CNC1CCN(C)C1. The van der Waals surface area contributed by atoms with Crippen LogP contribution in [0.5, 0.6) is 0 Å². The molecular formula is C12H22N4. The van der Waals surface area contributed by atoms with Gasteiger partial charge in [-0.1, -0.05) is 0 Å². The van der Waals surface area contributed by atoms with Crippen LogP contribution in [0.3, 0.4) is 0 Å². The zero-order valence-electron chi connectivity index (χ0n) is 10.5. The van der Waals surface area contributed by atoms with Crippen molar-refractivity contribution >= 4 is 0 Å². The number of likely N-dealkylation sites (N-methyl/N-ethyl adjacent to an activating group) is 1. The van der Waals surface area contributed by atoms with Crippen molar-refractivity contribution in [3.8, 4) is 0 Å². The lowest BCUT2D eigenvalue weighted by molar-refractivity contribution is 0.395. The van der Waals surface area contributed by atoms with Crippen molar-refractivity contribution in [1.82, 2.24) is 19.8 Å². The Balaban J connectivity index is 1.87. The van der Waals surface area contributed by atoms with Crippen LogP contribution in [0.25, 0.3) is 0 Å². The minimum Gasteiger partial charge on any atom is -0.331 e. The third-order valence-corrected chi connectivity index (χ3v) is 3.27. The summed E-state index contributed by atoms with van der Waals surface area (Å²) in [6, 6.07) is 1.13. The highest BCUT2D eigenvalue weighted by molar-refractivity contribution is 5.00. The van der Waals surface area contributed by atoms with Crippen LogP contribution < -0.4 is 5.32 Å². The number of rotatable bonds is 4. The summed E-state index contributed by atoms with van der Waals surface area (Å²) in [5.74, 6) is 0. The molecule has 0 radical (unpaired) electrons. The van der Waals surface area contributed by atoms with Crippen LogP contribution in [0.15, 0.2) is 12.5 Å². The number of hydrogen-bond donors (Lipinski definition) is 1. The van der Waals surface area contributed by atoms with Crippen molar-refractivity contribution < 1.29 is 0 Å². The lowest BCUT2D eigenvalue weighted by Gasteiger charge is -2.15. The van der Waals surface area contributed by atoms with E-state index in [1.54, 1.807) is 0 Å². The first-order chi connectivity index (χ1) is 7.66. The van der Waals surface area contributed by atoms with Crippen molar-refractivity contribution in [2.45, 2.75) is 38.9 Å². The van der Waals surface area contributed by atoms with Gasteiger partial charge in [0.25, 0.3) is 0 Å². The number of nitrogens with zero attached hydrogens (tertiary/aromatic N) is 3. The number of likely N-dealkylation sites (tertiary alicyclic amines) is 1. The summed E-state index contributed by atoms with van der Waals surface area (Å²) < 4.78 is 2.23. The molecule has 4 nitrogen and oxygen atoms in total. The molecule has 1 aromatic heterocycles. The molecule has 0 bridgehead atoms. The second-order valence-electron chi connectivity index (χ2n) is 5.01. The monoisotopic (exact) mass is 222 g/mol. The van der Waals surface area contributed by atoms with Gasteiger partial charge < -0.3 is 14.8 Å². The predicted molar refractivity (Wildman–Crippen MR) is 65.4 cm³/mol. The Bertz CT molecular complexity index is 332. The van der Waals surface area contributed by atoms with Crippen molar-refractivity contribution in [2.75, 3.05) is 20.1 Å². The van der Waals surface area contributed by atoms with E-state index >= 15 is 0 Å². The summed E-state index contributed by atoms with van der Waals surface area (Å²) in [7, 11) is 2.18. The summed E-state index contributed by atoms with van der Waals surface area (Å²) in [6.07, 6.45) is 5.14. The number of imidazole rings is 1. The van der Waals surface area contributed by atoms with E-state index in [9.17, 15) is 0 Å². The fourth-order valence-electron chi connectivity index (χ4n) is 2.28. The molecule has 2 heterocycles. The van der Waals surface area contributed by atoms with Gasteiger partial charge in [0.1, 0.15) is 0 Å². The number of nitrogens with one attached hydrogen (secondary N) is 1. The van der Waals surface area contributed by atoms with Crippen molar-refractivity contribution in [1.29, 1.82) is 0 Å². The Morgan fingerprint density at radius 1 is 1.56 bits per heavy atom. The van der Waals surface area contributed by atoms with E-state index in [2.05, 4.69) is 40.7 Å². The zero-order chi connectivity index (χ0) is 11.5. The van der Waals surface area contributed by atoms with Crippen LogP contribution >= 0.6 is 0 Å². The van der Waals surface area contributed by atoms with Gasteiger partial charge >= 0.3 is 0 Å². The summed E-state index contributed by atoms with van der Waals surface area (Å²) in [5, 5.41) is 3.61. The highest BCUT2D eigenvalue weighted by Crippen LogP contribution is 2.11. The molecule has 0 aliphatic carbocycles. The largest absolute Gasteiger partial charge is 0.331 e. The highest BCUT2D eigenvalue weighted by Gasteiger charge is 2.19. The first kappa shape index (κ1) is 11.6. The van der Waals surface area contributed by atoms with Gasteiger partial charge in [0, 0.05) is 31.4 Å². The van der Waals surface area contributed by atoms with Crippen LogP contribution in [0.4, 0.5) is 0 Å². The lowest BCUT2D eigenvalue weighted by Crippen LogP contribution is -2.31. The fraction of sp³-hybridized carbons (Fsp3) is 0.750. The first-order valence-corrected chi connectivity index (χ1v) is 6.09. The van der Waals surface area contributed by atoms with Crippen molar-refractivity contribution in [3.63, 3.8) is 0 Å². The van der Waals surface area contributed by atoms with E-state index in [0.29, 0.717) is 12.1 Å². The summed E-state index contributed by atoms with van der Waals surface area (Å²) >= 11 is 0. The maximum absolute atomic E-state index is 4.22. The maximum Gasteiger partial charge on any atom is 0.0951 e. The standard InChI is InChI=1S/C12H22N4/c1-10(2)16-9-13-6-12(16)7-14-11-4-5-15(3)8-11/h6,9-11,14H,4-5,7-8H2,1-3H3. The van der Waals surface area contributed by atoms with Crippen molar-refractivity contribution in [2.24, 2.45) is 0 Å². The van der Waals surface area contributed by atoms with Gasteiger partial charge in [-0.2, -0.15) is 0 Å². The van der Waals surface area contributed by atoms with Gasteiger partial charge in [0.05, 0.1) is 12.0 Å². The van der Waals surface area contributed by atoms with Gasteiger partial charge in [-0.3, -0.25) is 0 Å². The van der Waals surface area contributed by atoms with E-state index in [0.717, 1.165) is 13.1 Å². The smallest absolute Gasteiger partial charge is 0.0951 e. The van der Waals surface area contributed by atoms with Crippen LogP contribution in [-0.4, -0.2) is 40.6 Å². The molecule has 1 unspecified atom stereocenters. The van der Waals surface area contributed by atoms with Crippen LogP contribution in [0, 0.1) is 0 Å². The molecular weight excluding hydrogens is 200 g/mol. The fourth-order valence-corrected chi connectivity index (χ4v) is 2.28. The summed E-state index contributed by atoms with van der Waals surface area (Å²) in [4.78, 5) is 6.59. The van der Waals surface area contributed by atoms with Gasteiger partial charge in [-0.25, -0.2) is 4.98 Å². The van der Waals surface area contributed by atoms with E-state index in [4.69, 9.17) is 0 Å². The maximum atomic E-state index is 4.22. The lowest BCUT2D eigenvalue weighted by atomic mass is 10.2. The molecule has 0 amide bonds. The Morgan fingerprint density at radius 2 is 2.38 bits per heavy atom. The topological polar surface area (TPSA) is 33.1 Å². The summed E-state index contributed by atoms with van der Waals surface area (Å²) in [6.45, 7) is 7.68. The average Bonchev–Trinajstić information content (AvgIpc) is 2.83. The minimum absolute atomic E-state index is 0.491. The minimum atomic E-state index is 0.491. The Morgan fingerprint density at radius 3 is 3.00 bits per heavy atom. The van der Waals surface area contributed by atoms with Gasteiger partial charge in [0.2, 0.25) is 0 Å². The predicted octanol–water partition coefficient (Wildman–Crippen LogP) is 1.26. The molecule has 1 saturated heterocycles. The van der Waals surface area contributed by atoms with Crippen molar-refractivity contribution in [3.05, 3.63) is 18.2 Å². The Kier molecular flexibility index (Phi) is 3.61. The van der Waals surface area contributed by atoms with Crippen LogP contribution in [0.1, 0.15) is 32.0 Å². The third-order valence-electron chi connectivity index (χ3n) is 3.27.